The van der Waals surface area contributed by atoms with E-state index in [0.717, 1.165) is 0 Å². The number of benzene rings is 2. The van der Waals surface area contributed by atoms with Crippen LogP contribution < -0.4 is 4.72 Å². The van der Waals surface area contributed by atoms with Gasteiger partial charge in [-0.3, -0.25) is 4.72 Å². The van der Waals surface area contributed by atoms with Gasteiger partial charge in [0.05, 0.1) is 11.5 Å². The van der Waals surface area contributed by atoms with Crippen molar-refractivity contribution in [3.05, 3.63) is 66.2 Å². The summed E-state index contributed by atoms with van der Waals surface area (Å²) in [6, 6.07) is 14.9. The second kappa shape index (κ2) is 7.60. The van der Waals surface area contributed by atoms with Crippen molar-refractivity contribution in [2.75, 3.05) is 11.3 Å². The summed E-state index contributed by atoms with van der Waals surface area (Å²) in [6.07, 6.45) is 2.78. The van der Waals surface area contributed by atoms with Gasteiger partial charge in [0.1, 0.15) is 0 Å². The molecule has 2 rings (SSSR count). The van der Waals surface area contributed by atoms with E-state index in [1.807, 2.05) is 0 Å². The smallest absolute Gasteiger partial charge is 0.330 e. The third kappa shape index (κ3) is 4.96. The van der Waals surface area contributed by atoms with Gasteiger partial charge in [-0.1, -0.05) is 30.3 Å². The van der Waals surface area contributed by atoms with Crippen molar-refractivity contribution >= 4 is 27.8 Å². The summed E-state index contributed by atoms with van der Waals surface area (Å²) in [7, 11) is -3.68. The lowest BCUT2D eigenvalue weighted by atomic mass is 10.2. The number of anilines is 1. The van der Waals surface area contributed by atoms with E-state index in [1.54, 1.807) is 49.4 Å². The molecule has 0 aliphatic carbocycles. The molecule has 6 heteroatoms. The van der Waals surface area contributed by atoms with Crippen LogP contribution in [0.5, 0.6) is 0 Å². The molecule has 0 fully saturated rings. The van der Waals surface area contributed by atoms with Gasteiger partial charge >= 0.3 is 5.97 Å². The number of hydrogen-bond donors (Lipinski definition) is 1. The molecule has 0 radical (unpaired) electrons. The number of para-hydroxylation sites is 1. The predicted octanol–water partition coefficient (Wildman–Crippen LogP) is 3.06. The van der Waals surface area contributed by atoms with Gasteiger partial charge in [0.2, 0.25) is 0 Å². The van der Waals surface area contributed by atoms with E-state index < -0.39 is 16.0 Å². The third-order valence-electron chi connectivity index (χ3n) is 2.89. The normalized spacial score (nSPS) is 11.3. The number of esters is 1. The Morgan fingerprint density at radius 1 is 1.13 bits per heavy atom. The van der Waals surface area contributed by atoms with Crippen LogP contribution in [0.15, 0.2) is 65.6 Å². The first-order valence-corrected chi connectivity index (χ1v) is 8.52. The minimum absolute atomic E-state index is 0.118. The van der Waals surface area contributed by atoms with Gasteiger partial charge < -0.3 is 4.74 Å². The second-order valence-corrected chi connectivity index (χ2v) is 6.31. The van der Waals surface area contributed by atoms with Crippen LogP contribution in [-0.2, 0) is 19.6 Å². The Morgan fingerprint density at radius 2 is 1.87 bits per heavy atom. The summed E-state index contributed by atoms with van der Waals surface area (Å²) in [5.74, 6) is -0.469. The highest BCUT2D eigenvalue weighted by Gasteiger charge is 2.14. The fourth-order valence-corrected chi connectivity index (χ4v) is 2.97. The van der Waals surface area contributed by atoms with E-state index in [2.05, 4.69) is 4.72 Å². The van der Waals surface area contributed by atoms with Crippen LogP contribution >= 0.6 is 0 Å². The van der Waals surface area contributed by atoms with Gasteiger partial charge in [0.15, 0.2) is 0 Å². The maximum Gasteiger partial charge on any atom is 0.330 e. The van der Waals surface area contributed by atoms with Crippen LogP contribution in [0, 0.1) is 0 Å². The molecule has 0 aromatic heterocycles. The molecule has 1 N–H and O–H groups in total. The quantitative estimate of drug-likeness (QED) is 0.652. The Morgan fingerprint density at radius 3 is 2.57 bits per heavy atom. The highest BCUT2D eigenvalue weighted by Crippen LogP contribution is 2.17. The molecule has 120 valence electrons. The molecule has 0 heterocycles. The summed E-state index contributed by atoms with van der Waals surface area (Å²) < 4.78 is 32.0. The topological polar surface area (TPSA) is 72.5 Å². The van der Waals surface area contributed by atoms with Crippen LogP contribution in [0.4, 0.5) is 5.69 Å². The van der Waals surface area contributed by atoms with Crippen LogP contribution in [-0.4, -0.2) is 21.0 Å². The minimum atomic E-state index is -3.68. The number of carbonyl (C=O) groups is 1. The fourth-order valence-electron chi connectivity index (χ4n) is 1.86. The summed E-state index contributed by atoms with van der Waals surface area (Å²) >= 11 is 0. The maximum absolute atomic E-state index is 12.4. The lowest BCUT2D eigenvalue weighted by Crippen LogP contribution is -2.12. The average Bonchev–Trinajstić information content (AvgIpc) is 2.54. The highest BCUT2D eigenvalue weighted by atomic mass is 32.2. The number of rotatable bonds is 6. The van der Waals surface area contributed by atoms with Crippen LogP contribution in [0.3, 0.4) is 0 Å². The number of sulfonamides is 1. The summed E-state index contributed by atoms with van der Waals surface area (Å²) in [5, 5.41) is 0. The SMILES string of the molecule is CCOC(=O)/C=C/c1cccc(S(=O)(=O)Nc2ccccc2)c1. The van der Waals surface area contributed by atoms with Gasteiger partial charge in [0.25, 0.3) is 10.0 Å². The first-order chi connectivity index (χ1) is 11.0. The molecular weight excluding hydrogens is 314 g/mol. The Balaban J connectivity index is 2.20. The van der Waals surface area contributed by atoms with Crippen molar-refractivity contribution in [2.45, 2.75) is 11.8 Å². The minimum Gasteiger partial charge on any atom is -0.463 e. The van der Waals surface area contributed by atoms with Crippen molar-refractivity contribution in [2.24, 2.45) is 0 Å². The van der Waals surface area contributed by atoms with E-state index in [0.29, 0.717) is 17.9 Å². The lowest BCUT2D eigenvalue weighted by molar-refractivity contribution is -0.137. The van der Waals surface area contributed by atoms with Crippen molar-refractivity contribution in [3.63, 3.8) is 0 Å². The molecule has 5 nitrogen and oxygen atoms in total. The summed E-state index contributed by atoms with van der Waals surface area (Å²) in [4.78, 5) is 11.4. The Hall–Kier alpha value is -2.60. The molecule has 0 aliphatic rings. The zero-order chi connectivity index (χ0) is 16.7. The fraction of sp³-hybridized carbons (Fsp3) is 0.118. The monoisotopic (exact) mass is 331 g/mol. The van der Waals surface area contributed by atoms with E-state index in [9.17, 15) is 13.2 Å². The van der Waals surface area contributed by atoms with E-state index in [1.165, 1.54) is 24.3 Å². The van der Waals surface area contributed by atoms with Gasteiger partial charge in [-0.2, -0.15) is 0 Å². The lowest BCUT2D eigenvalue weighted by Gasteiger charge is -2.08. The molecule has 0 atom stereocenters. The zero-order valence-corrected chi connectivity index (χ0v) is 13.4. The number of hydrogen-bond acceptors (Lipinski definition) is 4. The summed E-state index contributed by atoms with van der Waals surface area (Å²) in [6.45, 7) is 2.01. The van der Waals surface area contributed by atoms with Crippen molar-refractivity contribution in [1.29, 1.82) is 0 Å². The first-order valence-electron chi connectivity index (χ1n) is 7.04. The molecule has 0 aliphatic heterocycles. The van der Waals surface area contributed by atoms with Crippen molar-refractivity contribution in [3.8, 4) is 0 Å². The predicted molar refractivity (Wildman–Crippen MR) is 89.4 cm³/mol. The average molecular weight is 331 g/mol. The molecule has 23 heavy (non-hydrogen) atoms. The Bertz CT molecular complexity index is 798. The molecule has 0 saturated heterocycles. The highest BCUT2D eigenvalue weighted by molar-refractivity contribution is 7.92. The van der Waals surface area contributed by atoms with Crippen molar-refractivity contribution in [1.82, 2.24) is 0 Å². The standard InChI is InChI=1S/C17H17NO4S/c1-2-22-17(19)12-11-14-7-6-10-16(13-14)23(20,21)18-15-8-4-3-5-9-15/h3-13,18H,2H2,1H3/b12-11+. The molecule has 0 unspecified atom stereocenters. The van der Waals surface area contributed by atoms with Crippen LogP contribution in [0.25, 0.3) is 6.08 Å². The first kappa shape index (κ1) is 16.8. The van der Waals surface area contributed by atoms with E-state index >= 15 is 0 Å². The van der Waals surface area contributed by atoms with Gasteiger partial charge in [-0.15, -0.1) is 0 Å². The Kier molecular flexibility index (Phi) is 5.54. The molecule has 0 amide bonds. The zero-order valence-electron chi connectivity index (χ0n) is 12.6. The number of carbonyl (C=O) groups excluding carboxylic acids is 1. The third-order valence-corrected chi connectivity index (χ3v) is 4.27. The largest absolute Gasteiger partial charge is 0.463 e. The Labute approximate surface area is 135 Å². The molecular formula is C17H17NO4S. The van der Waals surface area contributed by atoms with Gasteiger partial charge in [0, 0.05) is 11.8 Å². The van der Waals surface area contributed by atoms with E-state index in [-0.39, 0.29) is 4.90 Å². The van der Waals surface area contributed by atoms with Gasteiger partial charge in [-0.25, -0.2) is 13.2 Å². The molecule has 0 saturated carbocycles. The molecule has 2 aromatic carbocycles. The number of nitrogens with one attached hydrogen (secondary N) is 1. The van der Waals surface area contributed by atoms with E-state index in [4.69, 9.17) is 4.74 Å². The molecule has 0 bridgehead atoms. The van der Waals surface area contributed by atoms with Crippen LogP contribution in [0.2, 0.25) is 0 Å². The molecule has 2 aromatic rings. The van der Waals surface area contributed by atoms with Crippen molar-refractivity contribution < 1.29 is 17.9 Å². The van der Waals surface area contributed by atoms with Crippen LogP contribution in [0.1, 0.15) is 12.5 Å². The molecule has 0 spiro atoms. The summed E-state index contributed by atoms with van der Waals surface area (Å²) in [5.41, 5.74) is 1.08. The number of ether oxygens (including phenoxy) is 1. The maximum atomic E-state index is 12.4. The van der Waals surface area contributed by atoms with Gasteiger partial charge in [-0.05, 0) is 42.8 Å². The second-order valence-electron chi connectivity index (χ2n) is 4.63.